The molecule has 3 nitrogen and oxygen atoms in total. The minimum Gasteiger partial charge on any atom is -0.365 e. The quantitative estimate of drug-likeness (QED) is 0.846. The summed E-state index contributed by atoms with van der Waals surface area (Å²) >= 11 is 7.90. The van der Waals surface area contributed by atoms with E-state index in [4.69, 9.17) is 11.6 Å². The zero-order chi connectivity index (χ0) is 12.0. The third-order valence-electron chi connectivity index (χ3n) is 3.70. The molecule has 0 amide bonds. The van der Waals surface area contributed by atoms with Crippen LogP contribution >= 0.6 is 22.9 Å². The first-order chi connectivity index (χ1) is 8.09. The van der Waals surface area contributed by atoms with Crippen LogP contribution in [-0.4, -0.2) is 21.4 Å². The minimum atomic E-state index is 0.121. The highest BCUT2D eigenvalue weighted by atomic mass is 35.5. The van der Waals surface area contributed by atoms with Crippen molar-refractivity contribution in [1.82, 2.24) is 9.97 Å². The highest BCUT2D eigenvalue weighted by Crippen LogP contribution is 2.46. The molecule has 0 bridgehead atoms. The maximum absolute atomic E-state index is 6.23. The van der Waals surface area contributed by atoms with E-state index >= 15 is 0 Å². The average Bonchev–Trinajstić information content (AvgIpc) is 2.77. The lowest BCUT2D eigenvalue weighted by Crippen LogP contribution is -2.54. The van der Waals surface area contributed by atoms with E-state index in [1.165, 1.54) is 0 Å². The summed E-state index contributed by atoms with van der Waals surface area (Å²) in [6.45, 7) is 4.39. The number of nitrogens with one attached hydrogen (secondary N) is 1. The Hall–Kier alpha value is -0.870. The van der Waals surface area contributed by atoms with Gasteiger partial charge in [-0.2, -0.15) is 0 Å². The predicted molar refractivity (Wildman–Crippen MR) is 72.9 cm³/mol. The van der Waals surface area contributed by atoms with Crippen LogP contribution in [0.3, 0.4) is 0 Å². The number of rotatable bonds is 2. The summed E-state index contributed by atoms with van der Waals surface area (Å²) in [6.07, 6.45) is 2.60. The smallest absolute Gasteiger partial charge is 0.147 e. The van der Waals surface area contributed by atoms with Crippen molar-refractivity contribution in [2.75, 3.05) is 5.32 Å². The van der Waals surface area contributed by atoms with E-state index in [2.05, 4.69) is 29.1 Å². The number of halogens is 1. The van der Waals surface area contributed by atoms with Crippen LogP contribution in [-0.2, 0) is 0 Å². The van der Waals surface area contributed by atoms with Gasteiger partial charge < -0.3 is 5.32 Å². The normalized spacial score (nSPS) is 26.8. The Kier molecular flexibility index (Phi) is 2.52. The Morgan fingerprint density at radius 3 is 3.00 bits per heavy atom. The summed E-state index contributed by atoms with van der Waals surface area (Å²) in [6, 6.07) is 2.41. The van der Waals surface area contributed by atoms with Gasteiger partial charge in [0.1, 0.15) is 12.1 Å². The van der Waals surface area contributed by atoms with E-state index in [9.17, 15) is 0 Å². The fourth-order valence-electron chi connectivity index (χ4n) is 2.17. The van der Waals surface area contributed by atoms with E-state index in [-0.39, 0.29) is 10.8 Å². The maximum atomic E-state index is 6.23. The van der Waals surface area contributed by atoms with Crippen molar-refractivity contribution < 1.29 is 0 Å². The molecule has 0 spiro atoms. The molecule has 2 aromatic rings. The van der Waals surface area contributed by atoms with Crippen molar-refractivity contribution in [2.24, 2.45) is 5.41 Å². The lowest BCUT2D eigenvalue weighted by atomic mass is 9.67. The molecule has 2 aromatic heterocycles. The molecule has 0 radical (unpaired) electrons. The van der Waals surface area contributed by atoms with Crippen molar-refractivity contribution in [1.29, 1.82) is 0 Å². The van der Waals surface area contributed by atoms with Crippen molar-refractivity contribution in [3.05, 3.63) is 17.8 Å². The molecule has 1 fully saturated rings. The molecule has 0 saturated heterocycles. The SMILES string of the molecule is CC1(C)C(Cl)CC1Nc1ncnc2ccsc12. The summed E-state index contributed by atoms with van der Waals surface area (Å²) in [5.41, 5.74) is 1.13. The van der Waals surface area contributed by atoms with Gasteiger partial charge in [0.15, 0.2) is 0 Å². The molecule has 0 aromatic carbocycles. The number of hydrogen-bond donors (Lipinski definition) is 1. The van der Waals surface area contributed by atoms with Gasteiger partial charge in [0.2, 0.25) is 0 Å². The molecular formula is C12H14ClN3S. The third-order valence-corrected chi connectivity index (χ3v) is 5.35. The molecule has 2 heterocycles. The van der Waals surface area contributed by atoms with Crippen LogP contribution in [0.15, 0.2) is 17.8 Å². The lowest BCUT2D eigenvalue weighted by molar-refractivity contribution is 0.168. The zero-order valence-corrected chi connectivity index (χ0v) is 11.3. The van der Waals surface area contributed by atoms with Gasteiger partial charge in [-0.05, 0) is 17.9 Å². The van der Waals surface area contributed by atoms with E-state index in [1.54, 1.807) is 17.7 Å². The van der Waals surface area contributed by atoms with Crippen LogP contribution in [0.1, 0.15) is 20.3 Å². The molecule has 1 N–H and O–H groups in total. The van der Waals surface area contributed by atoms with Crippen molar-refractivity contribution in [3.63, 3.8) is 0 Å². The number of alkyl halides is 1. The second kappa shape index (κ2) is 3.82. The van der Waals surface area contributed by atoms with E-state index < -0.39 is 0 Å². The Morgan fingerprint density at radius 1 is 1.47 bits per heavy atom. The fraction of sp³-hybridized carbons (Fsp3) is 0.500. The molecule has 90 valence electrons. The van der Waals surface area contributed by atoms with Gasteiger partial charge >= 0.3 is 0 Å². The highest BCUT2D eigenvalue weighted by molar-refractivity contribution is 7.17. The summed E-state index contributed by atoms with van der Waals surface area (Å²) in [7, 11) is 0. The van der Waals surface area contributed by atoms with Gasteiger partial charge in [-0.15, -0.1) is 22.9 Å². The van der Waals surface area contributed by atoms with Crippen LogP contribution in [0.5, 0.6) is 0 Å². The first kappa shape index (κ1) is 11.2. The average molecular weight is 268 g/mol. The highest BCUT2D eigenvalue weighted by Gasteiger charge is 2.47. The van der Waals surface area contributed by atoms with Crippen LogP contribution in [0, 0.1) is 5.41 Å². The summed E-state index contributed by atoms with van der Waals surface area (Å²) in [5, 5.41) is 5.80. The largest absolute Gasteiger partial charge is 0.365 e. The molecule has 1 saturated carbocycles. The number of hydrogen-bond acceptors (Lipinski definition) is 4. The predicted octanol–water partition coefficient (Wildman–Crippen LogP) is 3.51. The van der Waals surface area contributed by atoms with Crippen LogP contribution < -0.4 is 5.32 Å². The Bertz CT molecular complexity index is 551. The fourth-order valence-corrected chi connectivity index (χ4v) is 3.30. The Morgan fingerprint density at radius 2 is 2.29 bits per heavy atom. The van der Waals surface area contributed by atoms with Gasteiger partial charge in [0, 0.05) is 16.8 Å². The number of anilines is 1. The second-order valence-electron chi connectivity index (χ2n) is 5.08. The van der Waals surface area contributed by atoms with Gasteiger partial charge in [0.05, 0.1) is 10.2 Å². The van der Waals surface area contributed by atoms with Crippen LogP contribution in [0.25, 0.3) is 10.2 Å². The topological polar surface area (TPSA) is 37.8 Å². The maximum Gasteiger partial charge on any atom is 0.147 e. The van der Waals surface area contributed by atoms with Gasteiger partial charge in [-0.3, -0.25) is 0 Å². The van der Waals surface area contributed by atoms with Crippen molar-refractivity contribution in [2.45, 2.75) is 31.7 Å². The first-order valence-corrected chi connectivity index (χ1v) is 6.99. The molecule has 1 aliphatic rings. The molecule has 1 aliphatic carbocycles. The molecule has 5 heteroatoms. The van der Waals surface area contributed by atoms with Gasteiger partial charge in [-0.25, -0.2) is 9.97 Å². The van der Waals surface area contributed by atoms with Crippen molar-refractivity contribution in [3.8, 4) is 0 Å². The number of nitrogens with zero attached hydrogens (tertiary/aromatic N) is 2. The van der Waals surface area contributed by atoms with Crippen LogP contribution in [0.2, 0.25) is 0 Å². The molecular weight excluding hydrogens is 254 g/mol. The van der Waals surface area contributed by atoms with Gasteiger partial charge in [0.25, 0.3) is 0 Å². The summed E-state index contributed by atoms with van der Waals surface area (Å²) in [5.74, 6) is 0.937. The Balaban J connectivity index is 1.89. The first-order valence-electron chi connectivity index (χ1n) is 5.68. The van der Waals surface area contributed by atoms with E-state index in [1.807, 2.05) is 11.4 Å². The molecule has 2 atom stereocenters. The van der Waals surface area contributed by atoms with Crippen LogP contribution in [0.4, 0.5) is 5.82 Å². The lowest BCUT2D eigenvalue weighted by Gasteiger charge is -2.49. The molecule has 3 rings (SSSR count). The van der Waals surface area contributed by atoms with Gasteiger partial charge in [-0.1, -0.05) is 13.8 Å². The second-order valence-corrected chi connectivity index (χ2v) is 6.52. The minimum absolute atomic E-state index is 0.121. The summed E-state index contributed by atoms with van der Waals surface area (Å²) in [4.78, 5) is 8.57. The number of aromatic nitrogens is 2. The standard InChI is InChI=1S/C12H14ClN3S/c1-12(2)8(13)5-9(12)16-11-10-7(3-4-17-10)14-6-15-11/h3-4,6,8-9H,5H2,1-2H3,(H,14,15,16). The monoisotopic (exact) mass is 267 g/mol. The number of thiophene rings is 1. The molecule has 17 heavy (non-hydrogen) atoms. The molecule has 2 unspecified atom stereocenters. The zero-order valence-electron chi connectivity index (χ0n) is 9.77. The van der Waals surface area contributed by atoms with E-state index in [0.29, 0.717) is 6.04 Å². The molecule has 0 aliphatic heterocycles. The van der Waals surface area contributed by atoms with E-state index in [0.717, 1.165) is 22.5 Å². The third kappa shape index (κ3) is 1.70. The number of fused-ring (bicyclic) bond motifs is 1. The summed E-state index contributed by atoms with van der Waals surface area (Å²) < 4.78 is 1.13. The Labute approximate surface area is 109 Å². The van der Waals surface area contributed by atoms with Crippen molar-refractivity contribution >= 4 is 39.0 Å².